The number of hydrogen-bond donors (Lipinski definition) is 2. The second-order valence-corrected chi connectivity index (χ2v) is 8.38. The topological polar surface area (TPSA) is 101 Å². The Hall–Kier alpha value is -1.49. The molecule has 0 aliphatic rings. The normalized spacial score (nSPS) is 13.1. The first-order valence-electron chi connectivity index (χ1n) is 5.38. The number of phenolic OH excluding ortho intramolecular Hbond substituents is 1. The van der Waals surface area contributed by atoms with Crippen LogP contribution in [0, 0.1) is 0 Å². The van der Waals surface area contributed by atoms with E-state index in [1.165, 1.54) is 0 Å². The summed E-state index contributed by atoms with van der Waals surface area (Å²) >= 11 is 0. The van der Waals surface area contributed by atoms with Gasteiger partial charge in [-0.15, -0.1) is 0 Å². The van der Waals surface area contributed by atoms with Gasteiger partial charge in [-0.25, -0.2) is 16.8 Å². The molecule has 1 rings (SSSR count). The number of hydrogen-bond acceptors (Lipinski definition) is 5. The summed E-state index contributed by atoms with van der Waals surface area (Å²) in [6.45, 7) is 0. The molecule has 2 N–H and O–H groups in total. The maximum atomic E-state index is 12.5. The van der Waals surface area contributed by atoms with E-state index < -0.39 is 54.5 Å². The summed E-state index contributed by atoms with van der Waals surface area (Å²) in [4.78, 5) is 0. The molecule has 0 atom stereocenters. The van der Waals surface area contributed by atoms with Crippen molar-refractivity contribution in [2.45, 2.75) is 6.18 Å². The van der Waals surface area contributed by atoms with E-state index in [1.54, 1.807) is 4.72 Å². The first kappa shape index (κ1) is 17.6. The van der Waals surface area contributed by atoms with Crippen LogP contribution in [-0.2, 0) is 26.0 Å². The molecule has 0 aliphatic carbocycles. The van der Waals surface area contributed by atoms with Crippen molar-refractivity contribution < 1.29 is 35.1 Å². The van der Waals surface area contributed by atoms with Gasteiger partial charge in [-0.05, 0) is 18.2 Å². The van der Waals surface area contributed by atoms with Crippen molar-refractivity contribution >= 4 is 25.5 Å². The first-order valence-corrected chi connectivity index (χ1v) is 9.10. The molecule has 0 aliphatic heterocycles. The van der Waals surface area contributed by atoms with Crippen molar-refractivity contribution in [1.29, 1.82) is 0 Å². The number of aromatic hydroxyl groups is 1. The number of sulfonamides is 1. The van der Waals surface area contributed by atoms with E-state index in [0.717, 1.165) is 6.26 Å². The minimum absolute atomic E-state index is 0.424. The second-order valence-electron chi connectivity index (χ2n) is 4.28. The summed E-state index contributed by atoms with van der Waals surface area (Å²) < 4.78 is 84.2. The van der Waals surface area contributed by atoms with Gasteiger partial charge in [0.1, 0.15) is 15.6 Å². The van der Waals surface area contributed by atoms with E-state index in [4.69, 9.17) is 0 Å². The number of halogens is 3. The molecule has 1 aromatic carbocycles. The van der Waals surface area contributed by atoms with Gasteiger partial charge in [-0.2, -0.15) is 13.2 Å². The number of benzene rings is 1. The van der Waals surface area contributed by atoms with E-state index in [0.29, 0.717) is 18.2 Å². The summed E-state index contributed by atoms with van der Waals surface area (Å²) in [5, 5.41) is 9.38. The van der Waals surface area contributed by atoms with Crippen molar-refractivity contribution in [2.24, 2.45) is 0 Å². The highest BCUT2D eigenvalue weighted by Crippen LogP contribution is 2.34. The number of nitrogens with one attached hydrogen (secondary N) is 1. The lowest BCUT2D eigenvalue weighted by atomic mass is 10.2. The van der Waals surface area contributed by atoms with Gasteiger partial charge in [0.25, 0.3) is 0 Å². The summed E-state index contributed by atoms with van der Waals surface area (Å²) in [7, 11) is -7.76. The standard InChI is InChI=1S/C10H12F3NO5S2/c1-20(16,17)4-5-21(18,19)14-8-6-7(10(11,12)13)2-3-9(8)15/h2-3,6,14-15H,4-5H2,1H3. The molecule has 0 saturated carbocycles. The van der Waals surface area contributed by atoms with Crippen LogP contribution in [0.25, 0.3) is 0 Å². The van der Waals surface area contributed by atoms with Crippen molar-refractivity contribution in [1.82, 2.24) is 0 Å². The molecule has 120 valence electrons. The molecule has 0 aromatic heterocycles. The molecule has 0 spiro atoms. The lowest BCUT2D eigenvalue weighted by Crippen LogP contribution is -2.22. The Bertz CT molecular complexity index is 726. The highest BCUT2D eigenvalue weighted by molar-refractivity contribution is 7.95. The van der Waals surface area contributed by atoms with Crippen LogP contribution in [-0.4, -0.2) is 39.7 Å². The highest BCUT2D eigenvalue weighted by Gasteiger charge is 2.31. The molecule has 0 fully saturated rings. The lowest BCUT2D eigenvalue weighted by Gasteiger charge is -2.12. The van der Waals surface area contributed by atoms with Gasteiger partial charge in [-0.1, -0.05) is 0 Å². The fourth-order valence-electron chi connectivity index (χ4n) is 1.27. The average molecular weight is 347 g/mol. The number of sulfone groups is 1. The molecule has 6 nitrogen and oxygen atoms in total. The predicted octanol–water partition coefficient (Wildman–Crippen LogP) is 1.20. The Balaban J connectivity index is 3.02. The Morgan fingerprint density at radius 3 is 2.19 bits per heavy atom. The Morgan fingerprint density at radius 1 is 1.14 bits per heavy atom. The van der Waals surface area contributed by atoms with E-state index in [2.05, 4.69) is 0 Å². The van der Waals surface area contributed by atoms with Crippen LogP contribution in [0.3, 0.4) is 0 Å². The van der Waals surface area contributed by atoms with Gasteiger partial charge < -0.3 is 5.11 Å². The highest BCUT2D eigenvalue weighted by atomic mass is 32.2. The zero-order chi connectivity index (χ0) is 16.5. The summed E-state index contributed by atoms with van der Waals surface area (Å²) in [6, 6.07) is 1.70. The Labute approximate surface area is 119 Å². The molecule has 21 heavy (non-hydrogen) atoms. The van der Waals surface area contributed by atoms with E-state index in [9.17, 15) is 35.1 Å². The Kier molecular flexibility index (Phi) is 4.78. The maximum Gasteiger partial charge on any atom is 0.416 e. The van der Waals surface area contributed by atoms with Gasteiger partial charge in [0.2, 0.25) is 10.0 Å². The molecule has 0 unspecified atom stereocenters. The van der Waals surface area contributed by atoms with Gasteiger partial charge in [0.05, 0.1) is 22.8 Å². The summed E-state index contributed by atoms with van der Waals surface area (Å²) in [6.07, 6.45) is -3.88. The number of alkyl halides is 3. The molecule has 11 heteroatoms. The first-order chi connectivity index (χ1) is 9.30. The zero-order valence-electron chi connectivity index (χ0n) is 10.7. The quantitative estimate of drug-likeness (QED) is 0.780. The monoisotopic (exact) mass is 347 g/mol. The van der Waals surface area contributed by atoms with E-state index in [-0.39, 0.29) is 0 Å². The van der Waals surface area contributed by atoms with Gasteiger partial charge in [0, 0.05) is 6.26 Å². The fraction of sp³-hybridized carbons (Fsp3) is 0.400. The number of rotatable bonds is 5. The second kappa shape index (κ2) is 5.72. The van der Waals surface area contributed by atoms with Crippen molar-refractivity contribution in [3.8, 4) is 5.75 Å². The lowest BCUT2D eigenvalue weighted by molar-refractivity contribution is -0.137. The molecule has 0 amide bonds. The fourth-order valence-corrected chi connectivity index (χ4v) is 3.96. The van der Waals surface area contributed by atoms with E-state index in [1.807, 2.05) is 0 Å². The average Bonchev–Trinajstić information content (AvgIpc) is 2.27. The summed E-state index contributed by atoms with van der Waals surface area (Å²) in [5.74, 6) is -2.23. The molecule has 0 bridgehead atoms. The van der Waals surface area contributed by atoms with Crippen molar-refractivity contribution in [3.05, 3.63) is 23.8 Å². The van der Waals surface area contributed by atoms with Gasteiger partial charge in [0.15, 0.2) is 0 Å². The third kappa shape index (κ3) is 5.79. The molecular weight excluding hydrogens is 335 g/mol. The number of anilines is 1. The van der Waals surface area contributed by atoms with Crippen LogP contribution >= 0.6 is 0 Å². The SMILES string of the molecule is CS(=O)(=O)CCS(=O)(=O)Nc1cc(C(F)(F)F)ccc1O. The van der Waals surface area contributed by atoms with Crippen LogP contribution in [0.5, 0.6) is 5.75 Å². The zero-order valence-corrected chi connectivity index (χ0v) is 12.3. The third-order valence-corrected chi connectivity index (χ3v) is 4.79. The molecular formula is C10H12F3NO5S2. The van der Waals surface area contributed by atoms with Crippen LogP contribution in [0.1, 0.15) is 5.56 Å². The molecule has 0 radical (unpaired) electrons. The molecule has 1 aromatic rings. The van der Waals surface area contributed by atoms with Crippen LogP contribution in [0.2, 0.25) is 0 Å². The molecule has 0 saturated heterocycles. The minimum atomic E-state index is -4.71. The van der Waals surface area contributed by atoms with Gasteiger partial charge >= 0.3 is 6.18 Å². The van der Waals surface area contributed by atoms with Crippen molar-refractivity contribution in [2.75, 3.05) is 22.5 Å². The smallest absolute Gasteiger partial charge is 0.416 e. The summed E-state index contributed by atoms with van der Waals surface area (Å²) in [5.41, 5.74) is -1.82. The Morgan fingerprint density at radius 2 is 1.71 bits per heavy atom. The largest absolute Gasteiger partial charge is 0.506 e. The molecule has 0 heterocycles. The number of phenols is 1. The van der Waals surface area contributed by atoms with Crippen LogP contribution in [0.15, 0.2) is 18.2 Å². The van der Waals surface area contributed by atoms with Crippen molar-refractivity contribution in [3.63, 3.8) is 0 Å². The predicted molar refractivity (Wildman–Crippen MR) is 70.2 cm³/mol. The maximum absolute atomic E-state index is 12.5. The van der Waals surface area contributed by atoms with Gasteiger partial charge in [-0.3, -0.25) is 4.72 Å². The van der Waals surface area contributed by atoms with E-state index >= 15 is 0 Å². The third-order valence-electron chi connectivity index (χ3n) is 2.31. The van der Waals surface area contributed by atoms with Crippen LogP contribution in [0.4, 0.5) is 18.9 Å². The minimum Gasteiger partial charge on any atom is -0.506 e. The van der Waals surface area contributed by atoms with Crippen LogP contribution < -0.4 is 4.72 Å².